The normalized spacial score (nSPS) is 19.5. The molecule has 0 unspecified atom stereocenters. The Morgan fingerprint density at radius 3 is 2.11 bits per heavy atom. The summed E-state index contributed by atoms with van der Waals surface area (Å²) < 4.78 is 0. The molecule has 5 amide bonds. The van der Waals surface area contributed by atoms with Crippen molar-refractivity contribution in [2.45, 2.75) is 85.4 Å². The molecule has 6 N–H and O–H groups in total. The standard InChI is InChI=1S/C24H41N5O6/c1-13(2)16-10-11-18(30)25-12-8-7-9-17(21(31)26-16)27-22(32)19(14(3)4)28-24(35)29-20(15(5)6)23(33)34/h10,13-15,17,19-20H,7-9,11-12H2,1-6H3,(H,25,30)(H,26,31)(H,27,32)(H,33,34)(H2,28,29,35)/t17-,19-,20-/m0/s1. The highest BCUT2D eigenvalue weighted by Crippen LogP contribution is 2.11. The summed E-state index contributed by atoms with van der Waals surface area (Å²) in [6.45, 7) is 11.1. The van der Waals surface area contributed by atoms with Crippen LogP contribution in [0.4, 0.5) is 4.79 Å². The number of carbonyl (C=O) groups excluding carboxylic acids is 4. The van der Waals surface area contributed by atoms with Gasteiger partial charge in [0.25, 0.3) is 0 Å². The molecule has 35 heavy (non-hydrogen) atoms. The predicted octanol–water partition coefficient (Wildman–Crippen LogP) is 1.25. The Balaban J connectivity index is 2.98. The van der Waals surface area contributed by atoms with Gasteiger partial charge in [-0.3, -0.25) is 14.4 Å². The number of hydrogen-bond acceptors (Lipinski definition) is 5. The quantitative estimate of drug-likeness (QED) is 0.296. The molecule has 1 aliphatic rings. The van der Waals surface area contributed by atoms with Gasteiger partial charge < -0.3 is 31.7 Å². The molecule has 0 spiro atoms. The monoisotopic (exact) mass is 495 g/mol. The summed E-state index contributed by atoms with van der Waals surface area (Å²) >= 11 is 0. The topological polar surface area (TPSA) is 166 Å². The van der Waals surface area contributed by atoms with Crippen LogP contribution in [0, 0.1) is 17.8 Å². The van der Waals surface area contributed by atoms with Crippen LogP contribution >= 0.6 is 0 Å². The minimum atomic E-state index is -1.17. The van der Waals surface area contributed by atoms with Crippen molar-refractivity contribution >= 4 is 29.7 Å². The first kappa shape index (κ1) is 29.9. The number of urea groups is 1. The summed E-state index contributed by atoms with van der Waals surface area (Å²) in [5, 5.41) is 22.6. The summed E-state index contributed by atoms with van der Waals surface area (Å²) in [6.07, 6.45) is 3.41. The molecule has 11 nitrogen and oxygen atoms in total. The lowest BCUT2D eigenvalue weighted by Gasteiger charge is -2.27. The van der Waals surface area contributed by atoms with E-state index in [-0.39, 0.29) is 30.1 Å². The van der Waals surface area contributed by atoms with E-state index in [4.69, 9.17) is 0 Å². The van der Waals surface area contributed by atoms with Gasteiger partial charge in [0, 0.05) is 18.7 Å². The molecule has 1 aliphatic heterocycles. The van der Waals surface area contributed by atoms with E-state index in [1.807, 2.05) is 13.8 Å². The second-order valence-electron chi connectivity index (χ2n) is 9.81. The maximum Gasteiger partial charge on any atom is 0.326 e. The lowest BCUT2D eigenvalue weighted by molar-refractivity contribution is -0.140. The van der Waals surface area contributed by atoms with Crippen LogP contribution in [0.3, 0.4) is 0 Å². The van der Waals surface area contributed by atoms with E-state index >= 15 is 0 Å². The molecule has 0 aromatic rings. The Morgan fingerprint density at radius 1 is 0.971 bits per heavy atom. The average Bonchev–Trinajstić information content (AvgIpc) is 2.75. The van der Waals surface area contributed by atoms with Crippen molar-refractivity contribution < 1.29 is 29.1 Å². The molecule has 0 aromatic carbocycles. The van der Waals surface area contributed by atoms with E-state index in [0.717, 1.165) is 0 Å². The highest BCUT2D eigenvalue weighted by molar-refractivity contribution is 5.93. The molecular formula is C24H41N5O6. The van der Waals surface area contributed by atoms with Gasteiger partial charge in [-0.15, -0.1) is 0 Å². The number of carboxylic acids is 1. The van der Waals surface area contributed by atoms with Crippen LogP contribution < -0.4 is 26.6 Å². The molecule has 0 aromatic heterocycles. The lowest BCUT2D eigenvalue weighted by atomic mass is 10.0. The molecular weight excluding hydrogens is 454 g/mol. The van der Waals surface area contributed by atoms with Crippen LogP contribution in [-0.2, 0) is 19.2 Å². The molecule has 1 rings (SSSR count). The first-order valence-corrected chi connectivity index (χ1v) is 12.2. The highest BCUT2D eigenvalue weighted by atomic mass is 16.4. The fraction of sp³-hybridized carbons (Fsp3) is 0.708. The molecule has 3 atom stereocenters. The molecule has 11 heteroatoms. The zero-order valence-electron chi connectivity index (χ0n) is 21.6. The molecule has 0 aliphatic carbocycles. The summed E-state index contributed by atoms with van der Waals surface area (Å²) in [7, 11) is 0. The minimum Gasteiger partial charge on any atom is -0.480 e. The second-order valence-corrected chi connectivity index (χ2v) is 9.81. The zero-order chi connectivity index (χ0) is 26.7. The van der Waals surface area contributed by atoms with Crippen molar-refractivity contribution in [1.82, 2.24) is 26.6 Å². The van der Waals surface area contributed by atoms with Gasteiger partial charge in [-0.05, 0) is 37.0 Å². The summed E-state index contributed by atoms with van der Waals surface area (Å²) in [5.41, 5.74) is 0.594. The van der Waals surface area contributed by atoms with E-state index in [1.54, 1.807) is 33.8 Å². The molecule has 0 saturated carbocycles. The SMILES string of the molecule is CC(C)C1=CCC(=O)NCCCC[C@H](NC(=O)[C@@H](NC(=O)N[C@H](C(=O)O)C(C)C)C(C)C)C(=O)N1. The number of carbonyl (C=O) groups is 5. The molecule has 0 saturated heterocycles. The van der Waals surface area contributed by atoms with E-state index in [1.165, 1.54) is 0 Å². The molecule has 0 bridgehead atoms. The maximum absolute atomic E-state index is 13.1. The number of hydrogen-bond donors (Lipinski definition) is 6. The predicted molar refractivity (Wildman–Crippen MR) is 131 cm³/mol. The molecule has 198 valence electrons. The highest BCUT2D eigenvalue weighted by Gasteiger charge is 2.31. The third-order valence-electron chi connectivity index (χ3n) is 5.73. The van der Waals surface area contributed by atoms with Gasteiger partial charge in [-0.25, -0.2) is 9.59 Å². The van der Waals surface area contributed by atoms with Crippen LogP contribution in [-0.4, -0.2) is 59.5 Å². The Labute approximate surface area is 207 Å². The number of amides is 5. The summed E-state index contributed by atoms with van der Waals surface area (Å²) in [5.74, 6) is -2.93. The minimum absolute atomic E-state index is 0.0389. The third-order valence-corrected chi connectivity index (χ3v) is 5.73. The van der Waals surface area contributed by atoms with Gasteiger partial charge in [0.1, 0.15) is 18.1 Å². The van der Waals surface area contributed by atoms with Crippen molar-refractivity contribution in [3.05, 3.63) is 11.8 Å². The number of rotatable bonds is 8. The van der Waals surface area contributed by atoms with Crippen molar-refractivity contribution in [2.24, 2.45) is 17.8 Å². The van der Waals surface area contributed by atoms with Crippen molar-refractivity contribution in [3.63, 3.8) is 0 Å². The Kier molecular flexibility index (Phi) is 12.2. The van der Waals surface area contributed by atoms with Crippen LogP contribution in [0.1, 0.15) is 67.2 Å². The van der Waals surface area contributed by atoms with Gasteiger partial charge in [0.2, 0.25) is 17.7 Å². The Hall–Kier alpha value is -3.11. The number of aliphatic carboxylic acids is 1. The number of allylic oxidation sites excluding steroid dienone is 1. The van der Waals surface area contributed by atoms with Crippen molar-refractivity contribution in [1.29, 1.82) is 0 Å². The first-order chi connectivity index (χ1) is 16.3. The third kappa shape index (κ3) is 10.4. The van der Waals surface area contributed by atoms with Gasteiger partial charge in [-0.1, -0.05) is 47.6 Å². The smallest absolute Gasteiger partial charge is 0.326 e. The molecule has 0 fully saturated rings. The average molecular weight is 496 g/mol. The number of carboxylic acid groups (broad SMARTS) is 1. The Bertz CT molecular complexity index is 808. The van der Waals surface area contributed by atoms with Crippen LogP contribution in [0.5, 0.6) is 0 Å². The summed E-state index contributed by atoms with van der Waals surface area (Å²) in [6, 6.07) is -3.70. The van der Waals surface area contributed by atoms with Gasteiger partial charge in [-0.2, -0.15) is 0 Å². The summed E-state index contributed by atoms with van der Waals surface area (Å²) in [4.78, 5) is 61.9. The van der Waals surface area contributed by atoms with Crippen LogP contribution in [0.15, 0.2) is 11.8 Å². The van der Waals surface area contributed by atoms with Gasteiger partial charge >= 0.3 is 12.0 Å². The van der Waals surface area contributed by atoms with E-state index in [0.29, 0.717) is 31.5 Å². The zero-order valence-corrected chi connectivity index (χ0v) is 21.6. The van der Waals surface area contributed by atoms with Gasteiger partial charge in [0.15, 0.2) is 0 Å². The van der Waals surface area contributed by atoms with E-state index in [2.05, 4.69) is 26.6 Å². The van der Waals surface area contributed by atoms with E-state index < -0.39 is 41.9 Å². The molecule has 0 radical (unpaired) electrons. The fourth-order valence-corrected chi connectivity index (χ4v) is 3.54. The van der Waals surface area contributed by atoms with E-state index in [9.17, 15) is 29.1 Å². The number of nitrogens with one attached hydrogen (secondary N) is 5. The fourth-order valence-electron chi connectivity index (χ4n) is 3.54. The molecule has 1 heterocycles. The Morgan fingerprint density at radius 2 is 1.57 bits per heavy atom. The van der Waals surface area contributed by atoms with Gasteiger partial charge in [0.05, 0.1) is 0 Å². The first-order valence-electron chi connectivity index (χ1n) is 12.2. The van der Waals surface area contributed by atoms with Crippen molar-refractivity contribution in [3.8, 4) is 0 Å². The largest absolute Gasteiger partial charge is 0.480 e. The maximum atomic E-state index is 13.1. The van der Waals surface area contributed by atoms with Crippen LogP contribution in [0.2, 0.25) is 0 Å². The van der Waals surface area contributed by atoms with Crippen molar-refractivity contribution in [2.75, 3.05) is 6.54 Å². The van der Waals surface area contributed by atoms with Crippen LogP contribution in [0.25, 0.3) is 0 Å². The lowest BCUT2D eigenvalue weighted by Crippen LogP contribution is -2.58. The second kappa shape index (κ2) is 14.3.